The largest absolute Gasteiger partial charge is 0.399 e. The zero-order chi connectivity index (χ0) is 16.4. The van der Waals surface area contributed by atoms with Gasteiger partial charge in [-0.15, -0.1) is 0 Å². The monoisotopic (exact) mass is 305 g/mol. The average Bonchev–Trinajstić information content (AvgIpc) is 3.39. The Morgan fingerprint density at radius 2 is 1.78 bits per heavy atom. The molecule has 0 radical (unpaired) electrons. The molecule has 0 aliphatic heterocycles. The van der Waals surface area contributed by atoms with E-state index < -0.39 is 5.54 Å². The Morgan fingerprint density at radius 1 is 1.13 bits per heavy atom. The Bertz CT molecular complexity index is 738. The van der Waals surface area contributed by atoms with E-state index in [0.29, 0.717) is 5.56 Å². The Kier molecular flexibility index (Phi) is 4.11. The summed E-state index contributed by atoms with van der Waals surface area (Å²) in [5.41, 5.74) is 17.0. The van der Waals surface area contributed by atoms with Crippen LogP contribution in [-0.4, -0.2) is 0 Å². The molecule has 1 aliphatic carbocycles. The molecule has 0 bridgehead atoms. The van der Waals surface area contributed by atoms with Crippen LogP contribution in [0.4, 0.5) is 5.69 Å². The van der Waals surface area contributed by atoms with E-state index in [1.165, 1.54) is 12.8 Å². The lowest BCUT2D eigenvalue weighted by Gasteiger charge is -2.31. The summed E-state index contributed by atoms with van der Waals surface area (Å²) in [7, 11) is 0. The highest BCUT2D eigenvalue weighted by molar-refractivity contribution is 5.52. The van der Waals surface area contributed by atoms with Crippen molar-refractivity contribution in [3.05, 3.63) is 64.7 Å². The molecule has 0 aromatic heterocycles. The molecule has 0 spiro atoms. The van der Waals surface area contributed by atoms with E-state index in [1.54, 1.807) is 0 Å². The van der Waals surface area contributed by atoms with Crippen molar-refractivity contribution in [3.63, 3.8) is 0 Å². The van der Waals surface area contributed by atoms with Crippen LogP contribution in [0.25, 0.3) is 0 Å². The second-order valence-corrected chi connectivity index (χ2v) is 6.71. The smallest absolute Gasteiger partial charge is 0.0991 e. The maximum atomic E-state index is 9.00. The highest BCUT2D eigenvalue weighted by Crippen LogP contribution is 2.40. The van der Waals surface area contributed by atoms with Crippen LogP contribution < -0.4 is 11.5 Å². The van der Waals surface area contributed by atoms with Gasteiger partial charge < -0.3 is 11.5 Å². The first-order valence-electron chi connectivity index (χ1n) is 8.19. The van der Waals surface area contributed by atoms with Gasteiger partial charge in [0.1, 0.15) is 0 Å². The van der Waals surface area contributed by atoms with Crippen molar-refractivity contribution in [2.45, 2.75) is 38.1 Å². The molecule has 2 aromatic carbocycles. The van der Waals surface area contributed by atoms with Crippen molar-refractivity contribution in [2.24, 2.45) is 11.7 Å². The zero-order valence-electron chi connectivity index (χ0n) is 13.5. The second-order valence-electron chi connectivity index (χ2n) is 6.71. The normalized spacial score (nSPS) is 16.6. The Labute approximate surface area is 137 Å². The lowest BCUT2D eigenvalue weighted by molar-refractivity contribution is 0.455. The van der Waals surface area contributed by atoms with Crippen LogP contribution in [0.15, 0.2) is 42.5 Å². The van der Waals surface area contributed by atoms with Crippen molar-refractivity contribution < 1.29 is 0 Å². The molecule has 0 saturated heterocycles. The summed E-state index contributed by atoms with van der Waals surface area (Å²) in [5, 5.41) is 9.00. The summed E-state index contributed by atoms with van der Waals surface area (Å²) in [6.07, 6.45) is 4.66. The Balaban J connectivity index is 2.00. The van der Waals surface area contributed by atoms with Crippen molar-refractivity contribution in [1.82, 2.24) is 0 Å². The van der Waals surface area contributed by atoms with E-state index in [4.69, 9.17) is 16.7 Å². The fourth-order valence-corrected chi connectivity index (χ4v) is 3.05. The highest BCUT2D eigenvalue weighted by atomic mass is 14.7. The maximum absolute atomic E-state index is 9.00. The number of anilines is 1. The van der Waals surface area contributed by atoms with E-state index >= 15 is 0 Å². The number of hydrogen-bond donors (Lipinski definition) is 2. The van der Waals surface area contributed by atoms with Crippen LogP contribution in [0.2, 0.25) is 0 Å². The third kappa shape index (κ3) is 3.23. The molecule has 3 heteroatoms. The number of rotatable bonds is 5. The van der Waals surface area contributed by atoms with Crippen molar-refractivity contribution in [2.75, 3.05) is 5.73 Å². The van der Waals surface area contributed by atoms with Gasteiger partial charge in [-0.3, -0.25) is 0 Å². The number of benzene rings is 2. The van der Waals surface area contributed by atoms with Gasteiger partial charge in [0.05, 0.1) is 17.2 Å². The fourth-order valence-electron chi connectivity index (χ4n) is 3.05. The summed E-state index contributed by atoms with van der Waals surface area (Å²) in [6.45, 7) is 2.00. The Morgan fingerprint density at radius 3 is 2.35 bits per heavy atom. The predicted octanol–water partition coefficient (Wildman–Crippen LogP) is 3.84. The molecule has 118 valence electrons. The van der Waals surface area contributed by atoms with Crippen molar-refractivity contribution in [1.29, 1.82) is 5.26 Å². The van der Waals surface area contributed by atoms with Crippen molar-refractivity contribution in [3.8, 4) is 6.07 Å². The van der Waals surface area contributed by atoms with E-state index in [0.717, 1.165) is 41.1 Å². The molecule has 1 aliphatic rings. The SMILES string of the molecule is Cc1ccc(C(N)(CCC2CC2)c2ccc(C#N)cc2)cc1N. The molecule has 0 amide bonds. The molecule has 3 rings (SSSR count). The molecule has 1 fully saturated rings. The molecule has 3 nitrogen and oxygen atoms in total. The number of nitrogens with zero attached hydrogens (tertiary/aromatic N) is 1. The fraction of sp³-hybridized carbons (Fsp3) is 0.350. The minimum Gasteiger partial charge on any atom is -0.399 e. The van der Waals surface area contributed by atoms with Gasteiger partial charge in [-0.25, -0.2) is 0 Å². The molecule has 4 N–H and O–H groups in total. The minimum atomic E-state index is -0.557. The first-order valence-corrected chi connectivity index (χ1v) is 8.19. The maximum Gasteiger partial charge on any atom is 0.0991 e. The average molecular weight is 305 g/mol. The lowest BCUT2D eigenvalue weighted by atomic mass is 9.79. The zero-order valence-corrected chi connectivity index (χ0v) is 13.5. The van der Waals surface area contributed by atoms with E-state index in [2.05, 4.69) is 12.1 Å². The molecular formula is C20H23N3. The summed E-state index contributed by atoms with van der Waals surface area (Å²) in [6, 6.07) is 15.9. The van der Waals surface area contributed by atoms with Crippen LogP contribution in [0.5, 0.6) is 0 Å². The summed E-state index contributed by atoms with van der Waals surface area (Å²) in [5.74, 6) is 0.819. The molecule has 2 aromatic rings. The van der Waals surface area contributed by atoms with E-state index in [-0.39, 0.29) is 0 Å². The highest BCUT2D eigenvalue weighted by Gasteiger charge is 2.33. The molecule has 0 heterocycles. The van der Waals surface area contributed by atoms with Gasteiger partial charge >= 0.3 is 0 Å². The third-order valence-corrected chi connectivity index (χ3v) is 4.97. The first-order chi connectivity index (χ1) is 11.0. The minimum absolute atomic E-state index is 0.557. The molecular weight excluding hydrogens is 282 g/mol. The van der Waals surface area contributed by atoms with Gasteiger partial charge in [0.15, 0.2) is 0 Å². The van der Waals surface area contributed by atoms with Crippen LogP contribution >= 0.6 is 0 Å². The standard InChI is InChI=1S/C20H23N3/c1-14-2-7-18(12-19(14)22)20(23,11-10-15-3-4-15)17-8-5-16(13-21)6-9-17/h2,5-9,12,15H,3-4,10-11,22-23H2,1H3. The summed E-state index contributed by atoms with van der Waals surface area (Å²) in [4.78, 5) is 0. The van der Waals surface area contributed by atoms with Crippen LogP contribution in [0.1, 0.15) is 47.9 Å². The number of hydrogen-bond acceptors (Lipinski definition) is 3. The van der Waals surface area contributed by atoms with Crippen molar-refractivity contribution >= 4 is 5.69 Å². The molecule has 1 atom stereocenters. The lowest BCUT2D eigenvalue weighted by Crippen LogP contribution is -2.38. The quantitative estimate of drug-likeness (QED) is 0.824. The number of nitriles is 1. The number of nitrogen functional groups attached to an aromatic ring is 1. The van der Waals surface area contributed by atoms with Crippen LogP contribution in [0, 0.1) is 24.2 Å². The number of aryl methyl sites for hydroxylation is 1. The third-order valence-electron chi connectivity index (χ3n) is 4.97. The Hall–Kier alpha value is -2.31. The van der Waals surface area contributed by atoms with E-state index in [9.17, 15) is 0 Å². The summed E-state index contributed by atoms with van der Waals surface area (Å²) < 4.78 is 0. The van der Waals surface area contributed by atoms with E-state index in [1.807, 2.05) is 43.3 Å². The van der Waals surface area contributed by atoms with Gasteiger partial charge in [0, 0.05) is 5.69 Å². The van der Waals surface area contributed by atoms with Crippen LogP contribution in [-0.2, 0) is 5.54 Å². The molecule has 1 saturated carbocycles. The van der Waals surface area contributed by atoms with Gasteiger partial charge in [-0.05, 0) is 60.6 Å². The van der Waals surface area contributed by atoms with Gasteiger partial charge in [0.2, 0.25) is 0 Å². The first kappa shape index (κ1) is 15.6. The van der Waals surface area contributed by atoms with Gasteiger partial charge in [0.25, 0.3) is 0 Å². The predicted molar refractivity (Wildman–Crippen MR) is 93.7 cm³/mol. The van der Waals surface area contributed by atoms with Crippen LogP contribution in [0.3, 0.4) is 0 Å². The number of nitrogens with two attached hydrogens (primary N) is 2. The topological polar surface area (TPSA) is 75.8 Å². The summed E-state index contributed by atoms with van der Waals surface area (Å²) >= 11 is 0. The molecule has 23 heavy (non-hydrogen) atoms. The van der Waals surface area contributed by atoms with Gasteiger partial charge in [-0.2, -0.15) is 5.26 Å². The molecule has 1 unspecified atom stereocenters. The van der Waals surface area contributed by atoms with Gasteiger partial charge in [-0.1, -0.05) is 37.1 Å². The second kappa shape index (κ2) is 6.06.